The lowest BCUT2D eigenvalue weighted by Crippen LogP contribution is -2.40. The molecule has 1 nitrogen and oxygen atoms in total. The maximum absolute atomic E-state index is 3.95. The van der Waals surface area contributed by atoms with Gasteiger partial charge < -0.3 is 5.32 Å². The second-order valence-corrected chi connectivity index (χ2v) is 7.44. The summed E-state index contributed by atoms with van der Waals surface area (Å²) in [6, 6.07) is 5.83. The van der Waals surface area contributed by atoms with Crippen LogP contribution in [-0.4, -0.2) is 6.04 Å². The molecule has 4 atom stereocenters. The van der Waals surface area contributed by atoms with E-state index in [1.807, 2.05) is 11.3 Å². The van der Waals surface area contributed by atoms with Gasteiger partial charge in [-0.05, 0) is 49.0 Å². The molecule has 4 unspecified atom stereocenters. The Labute approximate surface area is 121 Å². The third kappa shape index (κ3) is 3.22. The molecule has 1 N–H and O–H groups in total. The van der Waals surface area contributed by atoms with Crippen molar-refractivity contribution in [2.24, 2.45) is 11.8 Å². The minimum atomic E-state index is 0.588. The molecule has 0 spiro atoms. The Morgan fingerprint density at radius 3 is 2.79 bits per heavy atom. The predicted octanol–water partition coefficient (Wildman–Crippen LogP) is 5.15. The first-order valence-electron chi connectivity index (χ1n) is 8.16. The summed E-state index contributed by atoms with van der Waals surface area (Å²) in [5.41, 5.74) is 0. The molecule has 0 radical (unpaired) electrons. The zero-order valence-corrected chi connectivity index (χ0v) is 12.9. The van der Waals surface area contributed by atoms with Gasteiger partial charge in [0.15, 0.2) is 0 Å². The fourth-order valence-corrected chi connectivity index (χ4v) is 5.07. The Balaban J connectivity index is 1.57. The quantitative estimate of drug-likeness (QED) is 0.802. The Kier molecular flexibility index (Phi) is 4.60. The van der Waals surface area contributed by atoms with E-state index in [0.717, 1.165) is 17.9 Å². The lowest BCUT2D eigenvalue weighted by molar-refractivity contribution is 0.138. The summed E-state index contributed by atoms with van der Waals surface area (Å²) < 4.78 is 0. The maximum atomic E-state index is 3.95. The first-order valence-corrected chi connectivity index (χ1v) is 9.04. The van der Waals surface area contributed by atoms with Crippen molar-refractivity contribution in [3.8, 4) is 0 Å². The zero-order chi connectivity index (χ0) is 13.1. The van der Waals surface area contributed by atoms with E-state index < -0.39 is 0 Å². The van der Waals surface area contributed by atoms with Crippen molar-refractivity contribution < 1.29 is 0 Å². The van der Waals surface area contributed by atoms with Crippen molar-refractivity contribution in [3.05, 3.63) is 22.4 Å². The van der Waals surface area contributed by atoms with Gasteiger partial charge >= 0.3 is 0 Å². The van der Waals surface area contributed by atoms with Gasteiger partial charge in [0, 0.05) is 17.0 Å². The van der Waals surface area contributed by atoms with Gasteiger partial charge in [-0.15, -0.1) is 11.3 Å². The maximum Gasteiger partial charge on any atom is 0.0414 e. The van der Waals surface area contributed by atoms with E-state index in [4.69, 9.17) is 0 Å². The first kappa shape index (κ1) is 13.6. The normalized spacial score (nSPS) is 32.8. The average molecular weight is 277 g/mol. The van der Waals surface area contributed by atoms with Crippen molar-refractivity contribution in [3.63, 3.8) is 0 Å². The number of hydrogen-bond donors (Lipinski definition) is 1. The molecule has 2 aliphatic carbocycles. The molecule has 0 aromatic carbocycles. The van der Waals surface area contributed by atoms with E-state index in [-0.39, 0.29) is 0 Å². The summed E-state index contributed by atoms with van der Waals surface area (Å²) >= 11 is 1.90. The van der Waals surface area contributed by atoms with E-state index in [1.54, 1.807) is 0 Å². The predicted molar refractivity (Wildman–Crippen MR) is 83.6 cm³/mol. The third-order valence-corrected chi connectivity index (χ3v) is 6.26. The molecule has 0 amide bonds. The fourth-order valence-electron chi connectivity index (χ4n) is 4.20. The molecule has 1 aromatic rings. The van der Waals surface area contributed by atoms with Gasteiger partial charge in [-0.1, -0.05) is 38.7 Å². The average Bonchev–Trinajstić information content (AvgIpc) is 2.98. The van der Waals surface area contributed by atoms with Crippen LogP contribution in [0.4, 0.5) is 0 Å². The largest absolute Gasteiger partial charge is 0.306 e. The van der Waals surface area contributed by atoms with Crippen molar-refractivity contribution in [2.45, 2.75) is 70.4 Å². The molecule has 106 valence electrons. The summed E-state index contributed by atoms with van der Waals surface area (Å²) in [6.45, 7) is 2.31. The minimum Gasteiger partial charge on any atom is -0.306 e. The van der Waals surface area contributed by atoms with Gasteiger partial charge in [-0.3, -0.25) is 0 Å². The fraction of sp³-hybridized carbons (Fsp3) is 0.765. The zero-order valence-electron chi connectivity index (χ0n) is 12.1. The molecular formula is C17H27NS. The van der Waals surface area contributed by atoms with Crippen LogP contribution in [-0.2, 0) is 0 Å². The minimum absolute atomic E-state index is 0.588. The first-order chi connectivity index (χ1) is 9.36. The highest BCUT2D eigenvalue weighted by molar-refractivity contribution is 7.10. The van der Waals surface area contributed by atoms with E-state index in [1.165, 1.54) is 56.2 Å². The van der Waals surface area contributed by atoms with Gasteiger partial charge in [0.1, 0.15) is 0 Å². The number of thiophene rings is 1. The van der Waals surface area contributed by atoms with Crippen LogP contribution in [0.5, 0.6) is 0 Å². The van der Waals surface area contributed by atoms with Crippen molar-refractivity contribution in [1.29, 1.82) is 0 Å². The van der Waals surface area contributed by atoms with E-state index >= 15 is 0 Å². The molecule has 0 aliphatic heterocycles. The van der Waals surface area contributed by atoms with Crippen LogP contribution >= 0.6 is 11.3 Å². The Morgan fingerprint density at radius 1 is 1.21 bits per heavy atom. The highest BCUT2D eigenvalue weighted by Crippen LogP contribution is 2.41. The van der Waals surface area contributed by atoms with Crippen LogP contribution in [0.3, 0.4) is 0 Å². The molecule has 0 saturated heterocycles. The summed E-state index contributed by atoms with van der Waals surface area (Å²) in [5, 5.41) is 6.16. The summed E-state index contributed by atoms with van der Waals surface area (Å²) in [4.78, 5) is 1.52. The summed E-state index contributed by atoms with van der Waals surface area (Å²) in [7, 11) is 0. The van der Waals surface area contributed by atoms with Crippen molar-refractivity contribution >= 4 is 11.3 Å². The van der Waals surface area contributed by atoms with Gasteiger partial charge in [-0.25, -0.2) is 0 Å². The smallest absolute Gasteiger partial charge is 0.0414 e. The van der Waals surface area contributed by atoms with Gasteiger partial charge in [0.2, 0.25) is 0 Å². The van der Waals surface area contributed by atoms with Crippen LogP contribution < -0.4 is 5.32 Å². The molecular weight excluding hydrogens is 250 g/mol. The van der Waals surface area contributed by atoms with Gasteiger partial charge in [0.05, 0.1) is 0 Å². The number of rotatable bonds is 4. The molecule has 2 fully saturated rings. The van der Waals surface area contributed by atoms with Crippen LogP contribution in [0.2, 0.25) is 0 Å². The molecule has 1 heterocycles. The summed E-state index contributed by atoms with van der Waals surface area (Å²) in [6.07, 6.45) is 11.5. The molecule has 19 heavy (non-hydrogen) atoms. The molecule has 2 saturated carbocycles. The topological polar surface area (TPSA) is 12.0 Å². The monoisotopic (exact) mass is 277 g/mol. The third-order valence-electron chi connectivity index (χ3n) is 5.27. The van der Waals surface area contributed by atoms with Crippen LogP contribution in [0.1, 0.15) is 69.2 Å². The standard InChI is InChI=1S/C17H27NS/c1-2-16(17-8-5-11-19-17)18-15-10-9-13-6-3-4-7-14(13)12-15/h5,8,11,13-16,18H,2-4,6-7,9-10,12H2,1H3. The highest BCUT2D eigenvalue weighted by atomic mass is 32.1. The highest BCUT2D eigenvalue weighted by Gasteiger charge is 2.32. The molecule has 2 aliphatic rings. The molecule has 3 rings (SSSR count). The van der Waals surface area contributed by atoms with E-state index in [0.29, 0.717) is 6.04 Å². The summed E-state index contributed by atoms with van der Waals surface area (Å²) in [5.74, 6) is 2.09. The van der Waals surface area contributed by atoms with Crippen LogP contribution in [0.25, 0.3) is 0 Å². The number of nitrogens with one attached hydrogen (secondary N) is 1. The molecule has 0 bridgehead atoms. The lowest BCUT2D eigenvalue weighted by atomic mass is 9.69. The Bertz CT molecular complexity index is 373. The van der Waals surface area contributed by atoms with E-state index in [2.05, 4.69) is 29.8 Å². The van der Waals surface area contributed by atoms with Crippen molar-refractivity contribution in [1.82, 2.24) is 5.32 Å². The van der Waals surface area contributed by atoms with Crippen molar-refractivity contribution in [2.75, 3.05) is 0 Å². The van der Waals surface area contributed by atoms with Crippen LogP contribution in [0.15, 0.2) is 17.5 Å². The molecule has 2 heteroatoms. The van der Waals surface area contributed by atoms with Crippen LogP contribution in [0, 0.1) is 11.8 Å². The Morgan fingerprint density at radius 2 is 2.05 bits per heavy atom. The second-order valence-electron chi connectivity index (χ2n) is 6.46. The van der Waals surface area contributed by atoms with Gasteiger partial charge in [-0.2, -0.15) is 0 Å². The SMILES string of the molecule is CCC(NC1CCC2CCCCC2C1)c1cccs1. The second kappa shape index (κ2) is 6.41. The van der Waals surface area contributed by atoms with Gasteiger partial charge in [0.25, 0.3) is 0 Å². The van der Waals surface area contributed by atoms with E-state index in [9.17, 15) is 0 Å². The number of hydrogen-bond acceptors (Lipinski definition) is 2. The number of fused-ring (bicyclic) bond motifs is 1. The molecule has 1 aromatic heterocycles. The lowest BCUT2D eigenvalue weighted by Gasteiger charge is -2.40. The Hall–Kier alpha value is -0.340.